The fraction of sp³-hybridized carbons (Fsp3) is 0.652. The Labute approximate surface area is 198 Å². The van der Waals surface area contributed by atoms with E-state index in [1.165, 1.54) is 19.2 Å². The number of phenolic OH excluding ortho intramolecular Hbond substituents is 2. The molecule has 0 radical (unpaired) electrons. The van der Waals surface area contributed by atoms with Crippen molar-refractivity contribution < 1.29 is 49.3 Å². The molecule has 0 aromatic heterocycles. The van der Waals surface area contributed by atoms with Crippen molar-refractivity contribution >= 4 is 11.9 Å². The van der Waals surface area contributed by atoms with Crippen molar-refractivity contribution in [2.24, 2.45) is 0 Å². The summed E-state index contributed by atoms with van der Waals surface area (Å²) in [5, 5.41) is 52.0. The van der Waals surface area contributed by atoms with Crippen LogP contribution in [-0.4, -0.2) is 88.4 Å². The molecule has 1 aromatic rings. The van der Waals surface area contributed by atoms with E-state index in [1.54, 1.807) is 0 Å². The topological polar surface area (TPSA) is 175 Å². The van der Waals surface area contributed by atoms with Crippen molar-refractivity contribution in [2.75, 3.05) is 20.3 Å². The van der Waals surface area contributed by atoms with Gasteiger partial charge in [0.1, 0.15) is 35.9 Å². The highest BCUT2D eigenvalue weighted by molar-refractivity contribution is 5.97. The minimum Gasteiger partial charge on any atom is -0.508 e. The molecule has 1 fully saturated rings. The lowest BCUT2D eigenvalue weighted by atomic mass is 9.96. The van der Waals surface area contributed by atoms with Crippen molar-refractivity contribution in [3.05, 3.63) is 23.8 Å². The second kappa shape index (κ2) is 14.1. The van der Waals surface area contributed by atoms with Gasteiger partial charge >= 0.3 is 5.97 Å². The van der Waals surface area contributed by atoms with Crippen molar-refractivity contribution in [1.29, 1.82) is 0 Å². The molecule has 0 saturated carbocycles. The van der Waals surface area contributed by atoms with Crippen LogP contribution in [0.2, 0.25) is 0 Å². The van der Waals surface area contributed by atoms with Gasteiger partial charge in [0.25, 0.3) is 5.91 Å². The highest BCUT2D eigenvalue weighted by Gasteiger charge is 2.45. The van der Waals surface area contributed by atoms with Crippen molar-refractivity contribution in [1.82, 2.24) is 5.32 Å². The van der Waals surface area contributed by atoms with Gasteiger partial charge in [-0.25, -0.2) is 0 Å². The second-order valence-corrected chi connectivity index (χ2v) is 8.23. The zero-order chi connectivity index (χ0) is 25.1. The van der Waals surface area contributed by atoms with E-state index in [0.29, 0.717) is 12.8 Å². The van der Waals surface area contributed by atoms with E-state index < -0.39 is 48.9 Å². The fourth-order valence-corrected chi connectivity index (χ4v) is 3.70. The van der Waals surface area contributed by atoms with E-state index in [9.17, 15) is 35.1 Å². The Hall–Kier alpha value is -2.44. The van der Waals surface area contributed by atoms with Gasteiger partial charge in [0.05, 0.1) is 19.3 Å². The Kier molecular flexibility index (Phi) is 11.5. The Bertz CT molecular complexity index is 789. The third kappa shape index (κ3) is 8.10. The maximum Gasteiger partial charge on any atom is 0.305 e. The van der Waals surface area contributed by atoms with Crippen LogP contribution in [-0.2, 0) is 19.0 Å². The molecule has 1 heterocycles. The third-order valence-electron chi connectivity index (χ3n) is 5.69. The zero-order valence-electron chi connectivity index (χ0n) is 19.3. The van der Waals surface area contributed by atoms with Crippen LogP contribution >= 0.6 is 0 Å². The van der Waals surface area contributed by atoms with Gasteiger partial charge in [-0.1, -0.05) is 25.7 Å². The van der Waals surface area contributed by atoms with Gasteiger partial charge in [0.2, 0.25) is 0 Å². The predicted molar refractivity (Wildman–Crippen MR) is 119 cm³/mol. The Morgan fingerprint density at radius 3 is 2.35 bits per heavy atom. The highest BCUT2D eigenvalue weighted by atomic mass is 16.7. The number of methoxy groups -OCH3 is 1. The van der Waals surface area contributed by atoms with E-state index in [-0.39, 0.29) is 23.9 Å². The van der Waals surface area contributed by atoms with Gasteiger partial charge in [0, 0.05) is 19.1 Å². The standard InChI is InChI=1S/C23H35NO10/c1-32-18(28)8-6-4-2-3-5-7-11-33-23-19(21(30)20(29)17(13-25)34-23)24-22(31)15-10-9-14(26)12-16(15)27/h9-10,12,17,19-21,23,25-27,29-30H,2-8,11,13H2,1H3,(H,24,31)/t17?,19?,20-,21?,23-/m1/s1. The van der Waals surface area contributed by atoms with E-state index >= 15 is 0 Å². The number of hydrogen-bond acceptors (Lipinski definition) is 10. The number of aliphatic hydroxyl groups excluding tert-OH is 3. The number of ether oxygens (including phenoxy) is 3. The molecule has 1 saturated heterocycles. The number of esters is 1. The van der Waals surface area contributed by atoms with Crippen molar-refractivity contribution in [3.8, 4) is 11.5 Å². The van der Waals surface area contributed by atoms with Crippen LogP contribution in [0, 0.1) is 0 Å². The van der Waals surface area contributed by atoms with Crippen LogP contribution in [0.3, 0.4) is 0 Å². The van der Waals surface area contributed by atoms with Gasteiger partial charge in [-0.2, -0.15) is 0 Å². The normalized spacial score (nSPS) is 24.5. The van der Waals surface area contributed by atoms with Gasteiger partial charge < -0.3 is 45.1 Å². The number of carbonyl (C=O) groups is 2. The molecule has 192 valence electrons. The summed E-state index contributed by atoms with van der Waals surface area (Å²) in [6.45, 7) is -0.298. The third-order valence-corrected chi connectivity index (χ3v) is 5.69. The van der Waals surface area contributed by atoms with Gasteiger partial charge in [-0.3, -0.25) is 9.59 Å². The molecule has 11 nitrogen and oxygen atoms in total. The minimum absolute atomic E-state index is 0.144. The first kappa shape index (κ1) is 27.8. The summed E-state index contributed by atoms with van der Waals surface area (Å²) in [6.07, 6.45) is 0.360. The molecule has 1 aliphatic rings. The summed E-state index contributed by atoms with van der Waals surface area (Å²) in [6, 6.07) is 2.27. The Morgan fingerprint density at radius 2 is 1.71 bits per heavy atom. The summed E-state index contributed by atoms with van der Waals surface area (Å²) in [4.78, 5) is 23.7. The number of hydrogen-bond donors (Lipinski definition) is 6. The lowest BCUT2D eigenvalue weighted by molar-refractivity contribution is -0.269. The highest BCUT2D eigenvalue weighted by Crippen LogP contribution is 2.26. The molecule has 1 aromatic carbocycles. The van der Waals surface area contributed by atoms with Crippen LogP contribution in [0.15, 0.2) is 18.2 Å². The maximum atomic E-state index is 12.6. The molecule has 0 aliphatic carbocycles. The summed E-state index contributed by atoms with van der Waals surface area (Å²) in [5.74, 6) is -1.65. The number of phenols is 2. The Balaban J connectivity index is 1.86. The van der Waals surface area contributed by atoms with E-state index in [1.807, 2.05) is 0 Å². The molecule has 0 spiro atoms. The van der Waals surface area contributed by atoms with E-state index in [0.717, 1.165) is 38.2 Å². The van der Waals surface area contributed by atoms with Crippen LogP contribution < -0.4 is 5.32 Å². The predicted octanol–water partition coefficient (Wildman–Crippen LogP) is 0.555. The molecule has 0 bridgehead atoms. The van der Waals surface area contributed by atoms with Crippen molar-refractivity contribution in [2.45, 2.75) is 75.6 Å². The number of benzene rings is 1. The number of nitrogens with one attached hydrogen (secondary N) is 1. The number of amides is 1. The fourth-order valence-electron chi connectivity index (χ4n) is 3.70. The zero-order valence-corrected chi connectivity index (χ0v) is 19.3. The number of aliphatic hydroxyl groups is 3. The first-order chi connectivity index (χ1) is 16.3. The van der Waals surface area contributed by atoms with Crippen LogP contribution in [0.5, 0.6) is 11.5 Å². The lowest BCUT2D eigenvalue weighted by Gasteiger charge is -2.42. The molecule has 5 atom stereocenters. The molecule has 3 unspecified atom stereocenters. The molecule has 6 N–H and O–H groups in total. The second-order valence-electron chi connectivity index (χ2n) is 8.23. The van der Waals surface area contributed by atoms with Crippen molar-refractivity contribution in [3.63, 3.8) is 0 Å². The summed E-state index contributed by atoms with van der Waals surface area (Å²) in [5.41, 5.74) is -0.144. The quantitative estimate of drug-likeness (QED) is 0.171. The number of rotatable bonds is 13. The lowest BCUT2D eigenvalue weighted by Crippen LogP contribution is -2.64. The summed E-state index contributed by atoms with van der Waals surface area (Å²) >= 11 is 0. The van der Waals surface area contributed by atoms with Gasteiger partial charge in [0.15, 0.2) is 6.29 Å². The van der Waals surface area contributed by atoms with E-state index in [4.69, 9.17) is 9.47 Å². The smallest absolute Gasteiger partial charge is 0.305 e. The summed E-state index contributed by atoms with van der Waals surface area (Å²) < 4.78 is 15.9. The Morgan fingerprint density at radius 1 is 1.03 bits per heavy atom. The molecule has 1 aliphatic heterocycles. The molecule has 1 amide bonds. The molecule has 2 rings (SSSR count). The average Bonchev–Trinajstić information content (AvgIpc) is 2.81. The largest absolute Gasteiger partial charge is 0.508 e. The first-order valence-electron chi connectivity index (χ1n) is 11.4. The monoisotopic (exact) mass is 485 g/mol. The van der Waals surface area contributed by atoms with Gasteiger partial charge in [-0.15, -0.1) is 0 Å². The van der Waals surface area contributed by atoms with Crippen LogP contribution in [0.25, 0.3) is 0 Å². The first-order valence-corrected chi connectivity index (χ1v) is 11.4. The number of carbonyl (C=O) groups excluding carboxylic acids is 2. The SMILES string of the molecule is COC(=O)CCCCCCCCO[C@@H]1OC(CO)[C@@H](O)C(O)C1NC(=O)c1ccc(O)cc1O. The average molecular weight is 486 g/mol. The summed E-state index contributed by atoms with van der Waals surface area (Å²) in [7, 11) is 1.37. The molecule has 11 heteroatoms. The maximum absolute atomic E-state index is 12.6. The van der Waals surface area contributed by atoms with E-state index in [2.05, 4.69) is 10.1 Å². The van der Waals surface area contributed by atoms with Crippen LogP contribution in [0.4, 0.5) is 0 Å². The molecular formula is C23H35NO10. The minimum atomic E-state index is -1.49. The van der Waals surface area contributed by atoms with Gasteiger partial charge in [-0.05, 0) is 25.0 Å². The molecule has 34 heavy (non-hydrogen) atoms. The van der Waals surface area contributed by atoms with Crippen LogP contribution in [0.1, 0.15) is 55.3 Å². The number of unbranched alkanes of at least 4 members (excludes halogenated alkanes) is 5. The number of aromatic hydroxyl groups is 2. The molecular weight excluding hydrogens is 450 g/mol.